The molecule has 1 heterocycles. The van der Waals surface area contributed by atoms with Crippen molar-refractivity contribution in [3.8, 4) is 0 Å². The van der Waals surface area contributed by atoms with Gasteiger partial charge in [0.05, 0.1) is 5.69 Å². The van der Waals surface area contributed by atoms with E-state index in [2.05, 4.69) is 14.4 Å². The van der Waals surface area contributed by atoms with E-state index in [9.17, 15) is 22.3 Å². The monoisotopic (exact) mass is 332 g/mol. The Morgan fingerprint density at radius 3 is 2.68 bits per heavy atom. The van der Waals surface area contributed by atoms with Crippen molar-refractivity contribution in [3.05, 3.63) is 53.4 Å². The normalized spacial score (nSPS) is 14.7. The molecule has 2 rings (SSSR count). The first-order valence-corrected chi connectivity index (χ1v) is 7.89. The molecule has 9 heteroatoms. The molecule has 1 aromatic heterocycles. The number of nitrogens with zero attached hydrogens (tertiary/aromatic N) is 1. The van der Waals surface area contributed by atoms with Crippen molar-refractivity contribution in [2.45, 2.75) is 18.3 Å². The molecule has 0 amide bonds. The maximum atomic E-state index is 13.7. The summed E-state index contributed by atoms with van der Waals surface area (Å²) < 4.78 is 56.9. The van der Waals surface area contributed by atoms with Crippen LogP contribution in [-0.2, 0) is 21.4 Å². The number of sulfonamides is 1. The van der Waals surface area contributed by atoms with Gasteiger partial charge in [0.25, 0.3) is 0 Å². The van der Waals surface area contributed by atoms with Crippen LogP contribution in [0.4, 0.5) is 8.78 Å². The second kappa shape index (κ2) is 6.11. The van der Waals surface area contributed by atoms with E-state index in [0.29, 0.717) is 6.07 Å². The largest absolute Gasteiger partial charge is 0.384 e. The Hall–Kier alpha value is -1.84. The number of nitrogens with one attached hydrogen (secondary N) is 1. The highest BCUT2D eigenvalue weighted by Gasteiger charge is 2.29. The molecule has 6 nitrogen and oxygen atoms in total. The van der Waals surface area contributed by atoms with Crippen LogP contribution in [0.15, 0.2) is 35.1 Å². The minimum atomic E-state index is -3.80. The fourth-order valence-corrected chi connectivity index (χ4v) is 2.97. The van der Waals surface area contributed by atoms with E-state index in [4.69, 9.17) is 0 Å². The van der Waals surface area contributed by atoms with Crippen molar-refractivity contribution in [3.63, 3.8) is 0 Å². The second-order valence-corrected chi connectivity index (χ2v) is 6.78. The van der Waals surface area contributed by atoms with Crippen LogP contribution >= 0.6 is 0 Å². The highest BCUT2D eigenvalue weighted by Crippen LogP contribution is 2.23. The summed E-state index contributed by atoms with van der Waals surface area (Å²) in [6, 6.07) is 4.05. The topological polar surface area (TPSA) is 92.4 Å². The Balaban J connectivity index is 2.08. The summed E-state index contributed by atoms with van der Waals surface area (Å²) in [5.74, 6) is -2.18. The lowest BCUT2D eigenvalue weighted by atomic mass is 9.96. The summed E-state index contributed by atoms with van der Waals surface area (Å²) in [5, 5.41) is 13.7. The zero-order valence-electron chi connectivity index (χ0n) is 11.6. The van der Waals surface area contributed by atoms with E-state index in [1.54, 1.807) is 0 Å². The van der Waals surface area contributed by atoms with Crippen molar-refractivity contribution in [2.24, 2.45) is 0 Å². The molecule has 120 valence electrons. The summed E-state index contributed by atoms with van der Waals surface area (Å²) >= 11 is 0. The zero-order valence-corrected chi connectivity index (χ0v) is 12.4. The van der Waals surface area contributed by atoms with Crippen LogP contribution in [0.25, 0.3) is 0 Å². The van der Waals surface area contributed by atoms with E-state index in [-0.39, 0.29) is 11.3 Å². The minimum absolute atomic E-state index is 0.195. The maximum absolute atomic E-state index is 13.7. The third-order valence-electron chi connectivity index (χ3n) is 2.98. The average molecular weight is 332 g/mol. The Morgan fingerprint density at radius 2 is 2.09 bits per heavy atom. The molecule has 0 radical (unpaired) electrons. The molecule has 0 unspecified atom stereocenters. The van der Waals surface area contributed by atoms with Gasteiger partial charge in [-0.1, -0.05) is 11.2 Å². The van der Waals surface area contributed by atoms with Crippen LogP contribution in [0.5, 0.6) is 0 Å². The number of aliphatic hydroxyl groups is 1. The maximum Gasteiger partial charge on any atom is 0.217 e. The first-order valence-electron chi connectivity index (χ1n) is 6.24. The number of hydrogen-bond acceptors (Lipinski definition) is 5. The van der Waals surface area contributed by atoms with Gasteiger partial charge in [0.15, 0.2) is 0 Å². The Bertz CT molecular complexity index is 745. The fourth-order valence-electron chi connectivity index (χ4n) is 1.83. The molecular weight excluding hydrogens is 318 g/mol. The van der Waals surface area contributed by atoms with E-state index in [1.807, 2.05) is 0 Å². The summed E-state index contributed by atoms with van der Waals surface area (Å²) in [6.45, 7) is 0.748. The van der Waals surface area contributed by atoms with Gasteiger partial charge in [0.1, 0.15) is 29.3 Å². The zero-order chi connectivity index (χ0) is 16.4. The van der Waals surface area contributed by atoms with E-state index in [0.717, 1.165) is 12.1 Å². The van der Waals surface area contributed by atoms with Crippen molar-refractivity contribution in [1.82, 2.24) is 9.88 Å². The quantitative estimate of drug-likeness (QED) is 0.831. The van der Waals surface area contributed by atoms with Gasteiger partial charge in [-0.05, 0) is 13.0 Å². The Labute approximate surface area is 125 Å². The first kappa shape index (κ1) is 16.5. The highest BCUT2D eigenvalue weighted by atomic mass is 32.2. The summed E-state index contributed by atoms with van der Waals surface area (Å²) in [4.78, 5) is 0. The molecule has 2 N–H and O–H groups in total. The predicted molar refractivity (Wildman–Crippen MR) is 73.1 cm³/mol. The third-order valence-corrected chi connectivity index (χ3v) is 4.24. The van der Waals surface area contributed by atoms with Crippen LogP contribution < -0.4 is 4.72 Å². The molecule has 2 aromatic rings. The van der Waals surface area contributed by atoms with Crippen LogP contribution in [-0.4, -0.2) is 25.2 Å². The van der Waals surface area contributed by atoms with Crippen molar-refractivity contribution >= 4 is 10.0 Å². The van der Waals surface area contributed by atoms with Gasteiger partial charge in [0.2, 0.25) is 10.0 Å². The molecule has 0 aliphatic carbocycles. The molecule has 0 fully saturated rings. The molecule has 0 bridgehead atoms. The van der Waals surface area contributed by atoms with Crippen LogP contribution in [0.3, 0.4) is 0 Å². The Morgan fingerprint density at radius 1 is 1.36 bits per heavy atom. The van der Waals surface area contributed by atoms with Gasteiger partial charge in [0, 0.05) is 24.2 Å². The Kier molecular flexibility index (Phi) is 4.59. The first-order chi connectivity index (χ1) is 10.2. The molecule has 0 aliphatic rings. The van der Waals surface area contributed by atoms with Gasteiger partial charge in [-0.15, -0.1) is 0 Å². The van der Waals surface area contributed by atoms with Gasteiger partial charge in [-0.2, -0.15) is 0 Å². The van der Waals surface area contributed by atoms with E-state index >= 15 is 0 Å². The summed E-state index contributed by atoms with van der Waals surface area (Å²) in [6.07, 6.45) is 1.23. The van der Waals surface area contributed by atoms with E-state index in [1.165, 1.54) is 19.3 Å². The van der Waals surface area contributed by atoms with E-state index < -0.39 is 39.6 Å². The fraction of sp³-hybridized carbons (Fsp3) is 0.308. The lowest BCUT2D eigenvalue weighted by Gasteiger charge is -2.24. The van der Waals surface area contributed by atoms with Crippen molar-refractivity contribution in [2.75, 3.05) is 6.54 Å². The number of halogens is 2. The predicted octanol–water partition coefficient (Wildman–Crippen LogP) is 1.28. The van der Waals surface area contributed by atoms with Crippen LogP contribution in [0.2, 0.25) is 0 Å². The highest BCUT2D eigenvalue weighted by molar-refractivity contribution is 7.88. The molecule has 22 heavy (non-hydrogen) atoms. The molecule has 0 saturated carbocycles. The summed E-state index contributed by atoms with van der Waals surface area (Å²) in [5.41, 5.74) is -1.85. The van der Waals surface area contributed by atoms with Crippen LogP contribution in [0, 0.1) is 11.6 Å². The number of benzene rings is 1. The minimum Gasteiger partial charge on any atom is -0.384 e. The molecule has 1 aromatic carbocycles. The van der Waals surface area contributed by atoms with Gasteiger partial charge in [-0.3, -0.25) is 0 Å². The lowest BCUT2D eigenvalue weighted by Crippen LogP contribution is -2.39. The molecule has 0 saturated heterocycles. The van der Waals surface area contributed by atoms with Crippen molar-refractivity contribution in [1.29, 1.82) is 0 Å². The molecular formula is C13H14F2N2O4S. The number of hydrogen-bond donors (Lipinski definition) is 2. The third kappa shape index (κ3) is 4.09. The lowest BCUT2D eigenvalue weighted by molar-refractivity contribution is 0.0588. The SMILES string of the molecule is C[C@](O)(CNS(=O)(=O)Cc1ccon1)c1ccc(F)cc1F. The summed E-state index contributed by atoms with van der Waals surface area (Å²) in [7, 11) is -3.80. The average Bonchev–Trinajstić information content (AvgIpc) is 2.88. The molecule has 0 spiro atoms. The number of aromatic nitrogens is 1. The standard InChI is InChI=1S/C13H14F2N2O4S/c1-13(18,11-3-2-9(14)6-12(11)15)8-16-22(19,20)7-10-4-5-21-17-10/h2-6,16,18H,7-8H2,1H3/t13-/m0/s1. The van der Waals surface area contributed by atoms with Crippen LogP contribution in [0.1, 0.15) is 18.2 Å². The van der Waals surface area contributed by atoms with Gasteiger partial charge < -0.3 is 9.63 Å². The van der Waals surface area contributed by atoms with Gasteiger partial charge >= 0.3 is 0 Å². The van der Waals surface area contributed by atoms with Crippen molar-refractivity contribution < 1.29 is 26.8 Å². The molecule has 1 atom stereocenters. The molecule has 0 aliphatic heterocycles. The smallest absolute Gasteiger partial charge is 0.217 e. The number of rotatable bonds is 6. The second-order valence-electron chi connectivity index (χ2n) is 4.97. The van der Waals surface area contributed by atoms with Gasteiger partial charge in [-0.25, -0.2) is 21.9 Å².